The zero-order chi connectivity index (χ0) is 23.4. The maximum Gasteiger partial charge on any atom is 0.247 e. The number of anilines is 6. The zero-order valence-electron chi connectivity index (χ0n) is 17.5. The van der Waals surface area contributed by atoms with E-state index >= 15 is 4.39 Å². The number of halogens is 2. The van der Waals surface area contributed by atoms with Gasteiger partial charge in [0.25, 0.3) is 0 Å². The van der Waals surface area contributed by atoms with Gasteiger partial charge in [0.2, 0.25) is 11.9 Å². The predicted molar refractivity (Wildman–Crippen MR) is 127 cm³/mol. The van der Waals surface area contributed by atoms with Crippen LogP contribution in [0.1, 0.15) is 0 Å². The van der Waals surface area contributed by atoms with Gasteiger partial charge in [-0.2, -0.15) is 10.1 Å². The summed E-state index contributed by atoms with van der Waals surface area (Å²) < 4.78 is 16.7. The standard InChI is InChI=1S/C23H19ClFN7O/c1-3-21(33)28-15-9-10-19(25)20(11-15)32(17-7-5-4-6-8-17)22-18(24)13-26-23(30-22)29-16-12-27-31(2)14-16/h3-14H,1H2,2H3,(H,28,33)(H,26,29,30). The maximum atomic E-state index is 15.1. The Kier molecular flexibility index (Phi) is 6.32. The Bertz CT molecular complexity index is 1310. The Labute approximate surface area is 194 Å². The first-order valence-corrected chi connectivity index (χ1v) is 10.2. The predicted octanol–water partition coefficient (Wildman–Crippen LogP) is 5.34. The highest BCUT2D eigenvalue weighted by Crippen LogP contribution is 2.39. The van der Waals surface area contributed by atoms with Crippen LogP contribution in [0.4, 0.5) is 38.9 Å². The molecule has 0 fully saturated rings. The quantitative estimate of drug-likeness (QED) is 0.360. The van der Waals surface area contributed by atoms with Crippen molar-refractivity contribution in [2.24, 2.45) is 7.05 Å². The van der Waals surface area contributed by atoms with Crippen molar-refractivity contribution in [3.63, 3.8) is 0 Å². The number of para-hydroxylation sites is 1. The van der Waals surface area contributed by atoms with Crippen molar-refractivity contribution in [1.82, 2.24) is 19.7 Å². The number of hydrogen-bond donors (Lipinski definition) is 2. The highest BCUT2D eigenvalue weighted by Gasteiger charge is 2.22. The molecule has 10 heteroatoms. The first-order chi connectivity index (χ1) is 15.9. The summed E-state index contributed by atoms with van der Waals surface area (Å²) in [4.78, 5) is 22.1. The van der Waals surface area contributed by atoms with E-state index in [1.165, 1.54) is 24.4 Å². The number of hydrogen-bond acceptors (Lipinski definition) is 6. The summed E-state index contributed by atoms with van der Waals surface area (Å²) >= 11 is 6.48. The third-order valence-electron chi connectivity index (χ3n) is 4.55. The monoisotopic (exact) mass is 463 g/mol. The molecule has 166 valence electrons. The van der Waals surface area contributed by atoms with Gasteiger partial charge in [-0.25, -0.2) is 9.37 Å². The van der Waals surface area contributed by atoms with E-state index in [4.69, 9.17) is 11.6 Å². The van der Waals surface area contributed by atoms with Gasteiger partial charge in [-0.15, -0.1) is 0 Å². The molecule has 0 saturated carbocycles. The second-order valence-corrected chi connectivity index (χ2v) is 7.33. The minimum absolute atomic E-state index is 0.135. The van der Waals surface area contributed by atoms with E-state index in [0.717, 1.165) is 6.08 Å². The lowest BCUT2D eigenvalue weighted by Crippen LogP contribution is -2.16. The van der Waals surface area contributed by atoms with Crippen LogP contribution in [0.5, 0.6) is 0 Å². The highest BCUT2D eigenvalue weighted by molar-refractivity contribution is 6.33. The van der Waals surface area contributed by atoms with E-state index < -0.39 is 11.7 Å². The minimum atomic E-state index is -0.535. The number of nitrogens with one attached hydrogen (secondary N) is 2. The molecule has 8 nitrogen and oxygen atoms in total. The summed E-state index contributed by atoms with van der Waals surface area (Å²) in [5, 5.41) is 10.0. The fraction of sp³-hybridized carbons (Fsp3) is 0.0435. The topological polar surface area (TPSA) is 88.0 Å². The van der Waals surface area contributed by atoms with Crippen LogP contribution in [-0.2, 0) is 11.8 Å². The van der Waals surface area contributed by atoms with Gasteiger partial charge < -0.3 is 10.6 Å². The average molecular weight is 464 g/mol. The van der Waals surface area contributed by atoms with Crippen LogP contribution in [0, 0.1) is 5.82 Å². The van der Waals surface area contributed by atoms with Crippen molar-refractivity contribution in [1.29, 1.82) is 0 Å². The first-order valence-electron chi connectivity index (χ1n) is 9.81. The Balaban J connectivity index is 1.83. The van der Waals surface area contributed by atoms with Crippen molar-refractivity contribution >= 4 is 52.0 Å². The normalized spacial score (nSPS) is 10.5. The molecule has 2 heterocycles. The second-order valence-electron chi connectivity index (χ2n) is 6.92. The molecule has 0 aliphatic carbocycles. The Morgan fingerprint density at radius 1 is 1.18 bits per heavy atom. The lowest BCUT2D eigenvalue weighted by molar-refractivity contribution is -0.111. The third-order valence-corrected chi connectivity index (χ3v) is 4.82. The molecule has 0 atom stereocenters. The average Bonchev–Trinajstić information content (AvgIpc) is 3.23. The Morgan fingerprint density at radius 3 is 2.67 bits per heavy atom. The van der Waals surface area contributed by atoms with E-state index in [-0.39, 0.29) is 22.5 Å². The lowest BCUT2D eigenvalue weighted by atomic mass is 10.2. The van der Waals surface area contributed by atoms with Gasteiger partial charge in [0, 0.05) is 24.6 Å². The Hall–Kier alpha value is -4.24. The van der Waals surface area contributed by atoms with Crippen LogP contribution < -0.4 is 15.5 Å². The van der Waals surface area contributed by atoms with Crippen molar-refractivity contribution < 1.29 is 9.18 Å². The van der Waals surface area contributed by atoms with E-state index in [0.29, 0.717) is 17.1 Å². The number of aromatic nitrogens is 4. The van der Waals surface area contributed by atoms with E-state index in [1.807, 2.05) is 18.2 Å². The van der Waals surface area contributed by atoms with Crippen LogP contribution in [0.3, 0.4) is 0 Å². The largest absolute Gasteiger partial charge is 0.322 e. The van der Waals surface area contributed by atoms with Gasteiger partial charge in [0.1, 0.15) is 10.8 Å². The van der Waals surface area contributed by atoms with E-state index in [9.17, 15) is 4.79 Å². The SMILES string of the molecule is C=CC(=O)Nc1ccc(F)c(N(c2ccccc2)c2nc(Nc3cnn(C)c3)ncc2Cl)c1. The highest BCUT2D eigenvalue weighted by atomic mass is 35.5. The van der Waals surface area contributed by atoms with Gasteiger partial charge in [-0.1, -0.05) is 36.4 Å². The smallest absolute Gasteiger partial charge is 0.247 e. The molecule has 2 N–H and O–H groups in total. The molecule has 0 radical (unpaired) electrons. The Morgan fingerprint density at radius 2 is 1.97 bits per heavy atom. The molecule has 0 unspecified atom stereocenters. The van der Waals surface area contributed by atoms with Crippen LogP contribution in [0.25, 0.3) is 0 Å². The van der Waals surface area contributed by atoms with Gasteiger partial charge >= 0.3 is 0 Å². The summed E-state index contributed by atoms with van der Waals surface area (Å²) in [5.41, 5.74) is 1.81. The van der Waals surface area contributed by atoms with Crippen LogP contribution in [0.15, 0.2) is 79.8 Å². The van der Waals surface area contributed by atoms with Crippen molar-refractivity contribution in [3.05, 3.63) is 90.6 Å². The summed E-state index contributed by atoms with van der Waals surface area (Å²) in [6, 6.07) is 13.3. The third kappa shape index (κ3) is 4.99. The number of carbonyl (C=O) groups is 1. The van der Waals surface area contributed by atoms with E-state index in [2.05, 4.69) is 32.3 Å². The van der Waals surface area contributed by atoms with Crippen LogP contribution in [0.2, 0.25) is 5.02 Å². The molecule has 0 aliphatic rings. The molecular formula is C23H19ClFN7O. The molecule has 33 heavy (non-hydrogen) atoms. The van der Waals surface area contributed by atoms with Crippen LogP contribution >= 0.6 is 11.6 Å². The molecule has 2 aromatic heterocycles. The van der Waals surface area contributed by atoms with Gasteiger partial charge in [0.05, 0.1) is 23.8 Å². The lowest BCUT2D eigenvalue weighted by Gasteiger charge is -2.26. The van der Waals surface area contributed by atoms with Crippen LogP contribution in [-0.4, -0.2) is 25.7 Å². The first kappa shape index (κ1) is 22.0. The molecular weight excluding hydrogens is 445 g/mol. The number of rotatable bonds is 7. The summed E-state index contributed by atoms with van der Waals surface area (Å²) in [6.07, 6.45) is 5.95. The van der Waals surface area contributed by atoms with Crippen molar-refractivity contribution in [3.8, 4) is 0 Å². The van der Waals surface area contributed by atoms with Crippen molar-refractivity contribution in [2.75, 3.05) is 15.5 Å². The number of carbonyl (C=O) groups excluding carboxylic acids is 1. The van der Waals surface area contributed by atoms with Gasteiger partial charge in [-0.3, -0.25) is 14.4 Å². The molecule has 0 saturated heterocycles. The molecule has 0 spiro atoms. The molecule has 0 bridgehead atoms. The fourth-order valence-corrected chi connectivity index (χ4v) is 3.27. The number of aryl methyl sites for hydroxylation is 1. The number of amides is 1. The molecule has 0 aliphatic heterocycles. The minimum Gasteiger partial charge on any atom is -0.322 e. The fourth-order valence-electron chi connectivity index (χ4n) is 3.10. The zero-order valence-corrected chi connectivity index (χ0v) is 18.3. The van der Waals surface area contributed by atoms with Gasteiger partial charge in [-0.05, 0) is 36.4 Å². The second kappa shape index (κ2) is 9.49. The summed E-state index contributed by atoms with van der Waals surface area (Å²) in [5.74, 6) is -0.455. The van der Waals surface area contributed by atoms with Gasteiger partial charge in [0.15, 0.2) is 5.82 Å². The maximum absolute atomic E-state index is 15.1. The molecule has 2 aromatic carbocycles. The summed E-state index contributed by atoms with van der Waals surface area (Å²) in [7, 11) is 1.79. The molecule has 4 rings (SSSR count). The number of benzene rings is 2. The summed E-state index contributed by atoms with van der Waals surface area (Å²) in [6.45, 7) is 3.44. The molecule has 4 aromatic rings. The van der Waals surface area contributed by atoms with Crippen molar-refractivity contribution in [2.45, 2.75) is 0 Å². The number of nitrogens with zero attached hydrogens (tertiary/aromatic N) is 5. The van der Waals surface area contributed by atoms with E-state index in [1.54, 1.807) is 41.2 Å². The molecule has 1 amide bonds.